The number of primary amides is 1. The molecule has 1 aromatic heterocycles. The molecule has 0 aliphatic carbocycles. The Kier molecular flexibility index (Phi) is 5.36. The number of carbonyl (C=O) groups is 2. The van der Waals surface area contributed by atoms with Crippen LogP contribution in [0.4, 0.5) is 18.9 Å². The van der Waals surface area contributed by atoms with Crippen molar-refractivity contribution in [3.05, 3.63) is 53.5 Å². The quantitative estimate of drug-likeness (QED) is 0.780. The second-order valence-electron chi connectivity index (χ2n) is 8.39. The van der Waals surface area contributed by atoms with E-state index in [2.05, 4.69) is 0 Å². The number of nitrogens with zero attached hydrogens (tertiary/aromatic N) is 3. The zero-order valence-electron chi connectivity index (χ0n) is 17.1. The maximum atomic E-state index is 13.4. The number of halogens is 3. The fourth-order valence-electron chi connectivity index (χ4n) is 4.74. The van der Waals surface area contributed by atoms with Gasteiger partial charge in [0, 0.05) is 25.3 Å². The van der Waals surface area contributed by atoms with Crippen LogP contribution in [-0.2, 0) is 11.0 Å². The first-order valence-corrected chi connectivity index (χ1v) is 10.1. The van der Waals surface area contributed by atoms with Gasteiger partial charge in [-0.2, -0.15) is 18.4 Å². The highest BCUT2D eigenvalue weighted by molar-refractivity contribution is 5.94. The number of carbonyl (C=O) groups excluding carboxylic acids is 2. The highest BCUT2D eigenvalue weighted by atomic mass is 19.4. The molecule has 2 aromatic rings. The van der Waals surface area contributed by atoms with Gasteiger partial charge in [0.1, 0.15) is 12.3 Å². The molecule has 4 rings (SSSR count). The van der Waals surface area contributed by atoms with Gasteiger partial charge in [0.15, 0.2) is 0 Å². The van der Waals surface area contributed by atoms with E-state index >= 15 is 0 Å². The number of hydrogen-bond acceptors (Lipinski definition) is 5. The van der Waals surface area contributed by atoms with Gasteiger partial charge >= 0.3 is 6.18 Å². The number of anilines is 1. The molecule has 10 heteroatoms. The van der Waals surface area contributed by atoms with Crippen LogP contribution in [-0.4, -0.2) is 42.4 Å². The number of alkyl halides is 3. The smallest absolute Gasteiger partial charge is 0.417 e. The number of benzene rings is 1. The molecule has 3 heterocycles. The Bertz CT molecular complexity index is 1070. The minimum Gasteiger partial charge on any atom is -0.472 e. The number of hydrogen-bond donors (Lipinski definition) is 1. The minimum absolute atomic E-state index is 0.142. The monoisotopic (exact) mass is 446 g/mol. The van der Waals surface area contributed by atoms with E-state index in [4.69, 9.17) is 15.4 Å². The molecule has 2 N–H and O–H groups in total. The van der Waals surface area contributed by atoms with E-state index in [9.17, 15) is 22.8 Å². The van der Waals surface area contributed by atoms with Crippen LogP contribution in [0.25, 0.3) is 0 Å². The van der Waals surface area contributed by atoms with E-state index in [1.807, 2.05) is 0 Å². The second kappa shape index (κ2) is 7.89. The Morgan fingerprint density at radius 2 is 1.94 bits per heavy atom. The number of nitrogens with two attached hydrogens (primary N) is 1. The van der Waals surface area contributed by atoms with Crippen molar-refractivity contribution in [3.8, 4) is 6.07 Å². The Hall–Kier alpha value is -3.48. The summed E-state index contributed by atoms with van der Waals surface area (Å²) in [7, 11) is 0. The largest absolute Gasteiger partial charge is 0.472 e. The van der Waals surface area contributed by atoms with Gasteiger partial charge in [0.2, 0.25) is 5.91 Å². The molecular weight excluding hydrogens is 425 g/mol. The molecule has 168 valence electrons. The molecular formula is C22H21F3N4O3. The molecule has 2 aliphatic heterocycles. The lowest BCUT2D eigenvalue weighted by molar-refractivity contribution is -0.137. The number of piperidine rings is 1. The van der Waals surface area contributed by atoms with Crippen LogP contribution < -0.4 is 10.6 Å². The topological polar surface area (TPSA) is 104 Å². The van der Waals surface area contributed by atoms with Crippen LogP contribution in [0.2, 0.25) is 0 Å². The van der Waals surface area contributed by atoms with Crippen LogP contribution in [0.1, 0.15) is 40.7 Å². The van der Waals surface area contributed by atoms with E-state index in [-0.39, 0.29) is 17.0 Å². The van der Waals surface area contributed by atoms with Crippen LogP contribution in [0, 0.1) is 16.7 Å². The lowest BCUT2D eigenvalue weighted by atomic mass is 9.76. The molecule has 0 saturated carbocycles. The van der Waals surface area contributed by atoms with E-state index in [1.165, 1.54) is 18.6 Å². The number of amides is 2. The van der Waals surface area contributed by atoms with Gasteiger partial charge in [0.05, 0.1) is 29.0 Å². The first-order valence-electron chi connectivity index (χ1n) is 10.1. The molecule has 2 fully saturated rings. The number of rotatable bonds is 3. The van der Waals surface area contributed by atoms with Crippen molar-refractivity contribution in [1.29, 1.82) is 5.26 Å². The summed E-state index contributed by atoms with van der Waals surface area (Å²) in [5, 5.41) is 9.04. The molecule has 0 radical (unpaired) electrons. The summed E-state index contributed by atoms with van der Waals surface area (Å²) in [5.41, 5.74) is 4.40. The SMILES string of the molecule is N#Cc1ccc(N2CC3(CCN(C(=O)c4ccoc4)CC3)CC2C(N)=O)cc1C(F)(F)F. The summed E-state index contributed by atoms with van der Waals surface area (Å²) in [6.07, 6.45) is -0.288. The maximum absolute atomic E-state index is 13.4. The van der Waals surface area contributed by atoms with Crippen LogP contribution in [0.15, 0.2) is 41.2 Å². The lowest BCUT2D eigenvalue weighted by Gasteiger charge is -2.39. The van der Waals surface area contributed by atoms with Gasteiger partial charge in [-0.15, -0.1) is 0 Å². The van der Waals surface area contributed by atoms with Gasteiger partial charge in [0.25, 0.3) is 5.91 Å². The third-order valence-corrected chi connectivity index (χ3v) is 6.48. The van der Waals surface area contributed by atoms with Crippen LogP contribution in [0.3, 0.4) is 0 Å². The van der Waals surface area contributed by atoms with Crippen LogP contribution in [0.5, 0.6) is 0 Å². The number of nitriles is 1. The van der Waals surface area contributed by atoms with Crippen molar-refractivity contribution >= 4 is 17.5 Å². The van der Waals surface area contributed by atoms with Crippen molar-refractivity contribution in [2.24, 2.45) is 11.1 Å². The molecule has 1 aromatic carbocycles. The zero-order chi connectivity index (χ0) is 23.1. The summed E-state index contributed by atoms with van der Waals surface area (Å²) in [6, 6.07) is 5.84. The Morgan fingerprint density at radius 3 is 2.50 bits per heavy atom. The van der Waals surface area contributed by atoms with E-state index in [1.54, 1.807) is 21.9 Å². The Morgan fingerprint density at radius 1 is 1.22 bits per heavy atom. The maximum Gasteiger partial charge on any atom is 0.417 e. The predicted octanol–water partition coefficient (Wildman–Crippen LogP) is 3.16. The fraction of sp³-hybridized carbons (Fsp3) is 0.409. The van der Waals surface area contributed by atoms with Crippen molar-refractivity contribution in [2.75, 3.05) is 24.5 Å². The third-order valence-electron chi connectivity index (χ3n) is 6.48. The summed E-state index contributed by atoms with van der Waals surface area (Å²) in [6.45, 7) is 1.27. The molecule has 2 amide bonds. The molecule has 32 heavy (non-hydrogen) atoms. The first kappa shape index (κ1) is 21.7. The predicted molar refractivity (Wildman–Crippen MR) is 107 cm³/mol. The standard InChI is InChI=1S/C22H21F3N4O3/c23-22(24,25)17-9-16(2-1-14(17)11-26)29-13-21(10-18(29)19(27)30)4-6-28(7-5-21)20(31)15-3-8-32-12-15/h1-3,8-9,12,18H,4-7,10,13H2,(H2,27,30). The van der Waals surface area contributed by atoms with Gasteiger partial charge in [-0.3, -0.25) is 9.59 Å². The summed E-state index contributed by atoms with van der Waals surface area (Å²) in [5.74, 6) is -0.756. The van der Waals surface area contributed by atoms with Gasteiger partial charge in [-0.25, -0.2) is 0 Å². The van der Waals surface area contributed by atoms with E-state index in [0.29, 0.717) is 44.5 Å². The number of furan rings is 1. The van der Waals surface area contributed by atoms with E-state index in [0.717, 1.165) is 12.1 Å². The first-order chi connectivity index (χ1) is 15.1. The van der Waals surface area contributed by atoms with Crippen molar-refractivity contribution in [1.82, 2.24) is 4.90 Å². The van der Waals surface area contributed by atoms with Gasteiger partial charge in [-0.05, 0) is 48.9 Å². The highest BCUT2D eigenvalue weighted by Gasteiger charge is 2.48. The molecule has 1 spiro atoms. The normalized spacial score (nSPS) is 20.4. The van der Waals surface area contributed by atoms with E-state index < -0.39 is 29.3 Å². The fourth-order valence-corrected chi connectivity index (χ4v) is 4.74. The molecule has 0 bridgehead atoms. The molecule has 1 atom stereocenters. The zero-order valence-corrected chi connectivity index (χ0v) is 17.1. The lowest BCUT2D eigenvalue weighted by Crippen LogP contribution is -2.44. The highest BCUT2D eigenvalue weighted by Crippen LogP contribution is 2.46. The van der Waals surface area contributed by atoms with Crippen molar-refractivity contribution < 1.29 is 27.2 Å². The molecule has 2 saturated heterocycles. The Balaban J connectivity index is 1.56. The van der Waals surface area contributed by atoms with Crippen molar-refractivity contribution in [2.45, 2.75) is 31.5 Å². The third kappa shape index (κ3) is 3.90. The summed E-state index contributed by atoms with van der Waals surface area (Å²) in [4.78, 5) is 28.1. The minimum atomic E-state index is -4.69. The van der Waals surface area contributed by atoms with Gasteiger partial charge in [-0.1, -0.05) is 0 Å². The second-order valence-corrected chi connectivity index (χ2v) is 8.39. The summed E-state index contributed by atoms with van der Waals surface area (Å²) < 4.78 is 45.3. The number of likely N-dealkylation sites (tertiary alicyclic amines) is 1. The summed E-state index contributed by atoms with van der Waals surface area (Å²) >= 11 is 0. The Labute approximate surface area is 182 Å². The average molecular weight is 446 g/mol. The average Bonchev–Trinajstić information content (AvgIpc) is 3.42. The van der Waals surface area contributed by atoms with Crippen LogP contribution >= 0.6 is 0 Å². The molecule has 2 aliphatic rings. The molecule has 1 unspecified atom stereocenters. The van der Waals surface area contributed by atoms with Gasteiger partial charge < -0.3 is 20.0 Å². The van der Waals surface area contributed by atoms with Crippen molar-refractivity contribution in [3.63, 3.8) is 0 Å². The molecule has 7 nitrogen and oxygen atoms in total.